The molecule has 0 unspecified atom stereocenters. The summed E-state index contributed by atoms with van der Waals surface area (Å²) in [6.45, 7) is 0.933. The fraction of sp³-hybridized carbons (Fsp3) is 0.235. The van der Waals surface area contributed by atoms with E-state index in [1.54, 1.807) is 0 Å². The van der Waals surface area contributed by atoms with Crippen molar-refractivity contribution < 1.29 is 5.11 Å². The van der Waals surface area contributed by atoms with Crippen LogP contribution in [-0.2, 0) is 6.54 Å². The summed E-state index contributed by atoms with van der Waals surface area (Å²) in [7, 11) is 0. The molecule has 0 aliphatic carbocycles. The van der Waals surface area contributed by atoms with Gasteiger partial charge in [0.2, 0.25) is 0 Å². The van der Waals surface area contributed by atoms with Crippen molar-refractivity contribution in [2.45, 2.75) is 12.6 Å². The minimum Gasteiger partial charge on any atom is -0.394 e. The third-order valence-electron chi connectivity index (χ3n) is 3.30. The van der Waals surface area contributed by atoms with Crippen molar-refractivity contribution in [2.24, 2.45) is 0 Å². The van der Waals surface area contributed by atoms with Gasteiger partial charge in [0.1, 0.15) is 0 Å². The Bertz CT molecular complexity index is 548. The first kappa shape index (κ1) is 14.3. The summed E-state index contributed by atoms with van der Waals surface area (Å²) in [5, 5.41) is 18.7. The molecule has 0 radical (unpaired) electrons. The molecule has 2 aromatic carbocycles. The van der Waals surface area contributed by atoms with Crippen molar-refractivity contribution in [3.63, 3.8) is 0 Å². The van der Waals surface area contributed by atoms with E-state index in [1.165, 1.54) is 0 Å². The number of aliphatic hydroxyl groups is 1. The van der Waals surface area contributed by atoms with E-state index < -0.39 is 0 Å². The Morgan fingerprint density at radius 2 is 1.60 bits per heavy atom. The molecule has 0 heterocycles. The van der Waals surface area contributed by atoms with Crippen molar-refractivity contribution in [2.75, 3.05) is 13.2 Å². The van der Waals surface area contributed by atoms with Gasteiger partial charge < -0.3 is 5.11 Å². The van der Waals surface area contributed by atoms with E-state index in [9.17, 15) is 5.11 Å². The molecular weight excluding hydrogens is 248 g/mol. The van der Waals surface area contributed by atoms with Crippen molar-refractivity contribution in [1.82, 2.24) is 4.90 Å². The first-order valence-corrected chi connectivity index (χ1v) is 6.66. The number of hydrogen-bond donors (Lipinski definition) is 1. The summed E-state index contributed by atoms with van der Waals surface area (Å²) in [6.07, 6.45) is 0. The molecule has 1 atom stereocenters. The fourth-order valence-electron chi connectivity index (χ4n) is 2.29. The van der Waals surface area contributed by atoms with Gasteiger partial charge >= 0.3 is 0 Å². The van der Waals surface area contributed by atoms with Gasteiger partial charge in [-0.05, 0) is 11.1 Å². The summed E-state index contributed by atoms with van der Waals surface area (Å²) in [5.74, 6) is 0. The van der Waals surface area contributed by atoms with Gasteiger partial charge in [-0.1, -0.05) is 60.7 Å². The van der Waals surface area contributed by atoms with Crippen LogP contribution in [0.5, 0.6) is 0 Å². The number of aliphatic hydroxyl groups excluding tert-OH is 1. The average Bonchev–Trinajstić information content (AvgIpc) is 2.50. The van der Waals surface area contributed by atoms with Crippen molar-refractivity contribution in [1.29, 1.82) is 5.26 Å². The Hall–Kier alpha value is -2.15. The predicted molar refractivity (Wildman–Crippen MR) is 78.7 cm³/mol. The lowest BCUT2D eigenvalue weighted by atomic mass is 10.0. The molecule has 0 aliphatic heterocycles. The maximum absolute atomic E-state index is 9.70. The highest BCUT2D eigenvalue weighted by atomic mass is 16.3. The summed E-state index contributed by atoms with van der Waals surface area (Å²) in [4.78, 5) is 1.99. The zero-order valence-electron chi connectivity index (χ0n) is 11.3. The van der Waals surface area contributed by atoms with Gasteiger partial charge in [0.25, 0.3) is 0 Å². The molecule has 0 saturated carbocycles. The SMILES string of the molecule is N#CCN(Cc1ccccc1)[C@@H](CO)c1ccccc1. The second-order valence-corrected chi connectivity index (χ2v) is 4.66. The van der Waals surface area contributed by atoms with Gasteiger partial charge in [0, 0.05) is 6.54 Å². The molecule has 1 N–H and O–H groups in total. The average molecular weight is 266 g/mol. The van der Waals surface area contributed by atoms with Gasteiger partial charge in [-0.2, -0.15) is 5.26 Å². The minimum atomic E-state index is -0.156. The van der Waals surface area contributed by atoms with Crippen molar-refractivity contribution in [3.8, 4) is 6.07 Å². The second-order valence-electron chi connectivity index (χ2n) is 4.66. The van der Waals surface area contributed by atoms with Crippen LogP contribution in [0.4, 0.5) is 0 Å². The van der Waals surface area contributed by atoms with E-state index in [0.29, 0.717) is 6.54 Å². The Labute approximate surface area is 119 Å². The van der Waals surface area contributed by atoms with E-state index >= 15 is 0 Å². The topological polar surface area (TPSA) is 47.3 Å². The Kier molecular flexibility index (Phi) is 5.31. The van der Waals surface area contributed by atoms with E-state index in [0.717, 1.165) is 11.1 Å². The summed E-state index contributed by atoms with van der Waals surface area (Å²) in [6, 6.07) is 21.8. The third kappa shape index (κ3) is 3.67. The molecule has 20 heavy (non-hydrogen) atoms. The molecule has 0 fully saturated rings. The molecule has 0 amide bonds. The van der Waals surface area contributed by atoms with Crippen molar-refractivity contribution in [3.05, 3.63) is 71.8 Å². The highest BCUT2D eigenvalue weighted by Crippen LogP contribution is 2.21. The molecule has 3 heteroatoms. The lowest BCUT2D eigenvalue weighted by Gasteiger charge is -2.28. The Morgan fingerprint density at radius 1 is 1.00 bits per heavy atom. The molecular formula is C17H18N2O. The summed E-state index contributed by atoms with van der Waals surface area (Å²) < 4.78 is 0. The van der Waals surface area contributed by atoms with Crippen molar-refractivity contribution >= 4 is 0 Å². The molecule has 0 spiro atoms. The fourth-order valence-corrected chi connectivity index (χ4v) is 2.29. The molecule has 102 valence electrons. The number of hydrogen-bond acceptors (Lipinski definition) is 3. The third-order valence-corrected chi connectivity index (χ3v) is 3.30. The maximum atomic E-state index is 9.70. The van der Waals surface area contributed by atoms with Gasteiger partial charge in [-0.15, -0.1) is 0 Å². The van der Waals surface area contributed by atoms with Gasteiger partial charge in [0.15, 0.2) is 0 Å². The quantitative estimate of drug-likeness (QED) is 0.818. The van der Waals surface area contributed by atoms with Crippen LogP contribution in [0.2, 0.25) is 0 Å². The van der Waals surface area contributed by atoms with Crippen LogP contribution in [0.15, 0.2) is 60.7 Å². The number of rotatable bonds is 6. The van der Waals surface area contributed by atoms with Gasteiger partial charge in [0.05, 0.1) is 25.3 Å². The zero-order chi connectivity index (χ0) is 14.2. The summed E-state index contributed by atoms with van der Waals surface area (Å²) >= 11 is 0. The smallest absolute Gasteiger partial charge is 0.0874 e. The van der Waals surface area contributed by atoms with Crippen LogP contribution < -0.4 is 0 Å². The highest BCUT2D eigenvalue weighted by Gasteiger charge is 2.19. The number of nitrogens with zero attached hydrogens (tertiary/aromatic N) is 2. The first-order valence-electron chi connectivity index (χ1n) is 6.66. The highest BCUT2D eigenvalue weighted by molar-refractivity contribution is 5.21. The predicted octanol–water partition coefficient (Wildman–Crippen LogP) is 2.75. The van der Waals surface area contributed by atoms with Crippen LogP contribution in [0.3, 0.4) is 0 Å². The molecule has 0 bridgehead atoms. The second kappa shape index (κ2) is 7.44. The number of nitriles is 1. The van der Waals surface area contributed by atoms with Crippen LogP contribution in [0, 0.1) is 11.3 Å². The maximum Gasteiger partial charge on any atom is 0.0874 e. The van der Waals surface area contributed by atoms with Crippen LogP contribution in [0.25, 0.3) is 0 Å². The molecule has 2 aromatic rings. The van der Waals surface area contributed by atoms with Crippen LogP contribution in [-0.4, -0.2) is 23.2 Å². The minimum absolute atomic E-state index is 0.00146. The molecule has 0 saturated heterocycles. The van der Waals surface area contributed by atoms with E-state index in [-0.39, 0.29) is 19.2 Å². The normalized spacial score (nSPS) is 12.1. The monoisotopic (exact) mass is 266 g/mol. The zero-order valence-corrected chi connectivity index (χ0v) is 11.3. The first-order chi connectivity index (χ1) is 9.85. The number of benzene rings is 2. The molecule has 3 nitrogen and oxygen atoms in total. The van der Waals surface area contributed by atoms with Crippen LogP contribution in [0.1, 0.15) is 17.2 Å². The molecule has 2 rings (SSSR count). The lowest BCUT2D eigenvalue weighted by molar-refractivity contribution is 0.130. The summed E-state index contributed by atoms with van der Waals surface area (Å²) in [5.41, 5.74) is 2.17. The Balaban J connectivity index is 2.20. The van der Waals surface area contributed by atoms with E-state index in [1.807, 2.05) is 65.6 Å². The molecule has 0 aromatic heterocycles. The Morgan fingerprint density at radius 3 is 2.15 bits per heavy atom. The van der Waals surface area contributed by atoms with E-state index in [4.69, 9.17) is 5.26 Å². The van der Waals surface area contributed by atoms with Crippen LogP contribution >= 0.6 is 0 Å². The lowest BCUT2D eigenvalue weighted by Crippen LogP contribution is -2.31. The van der Waals surface area contributed by atoms with E-state index in [2.05, 4.69) is 6.07 Å². The van der Waals surface area contributed by atoms with Gasteiger partial charge in [-0.25, -0.2) is 0 Å². The van der Waals surface area contributed by atoms with Gasteiger partial charge in [-0.3, -0.25) is 4.90 Å². The molecule has 0 aliphatic rings. The standard InChI is InChI=1S/C17H18N2O/c18-11-12-19(13-15-7-3-1-4-8-15)17(14-20)16-9-5-2-6-10-16/h1-10,17,20H,12-14H2/t17-/m0/s1. The largest absolute Gasteiger partial charge is 0.394 e.